The summed E-state index contributed by atoms with van der Waals surface area (Å²) < 4.78 is 55.2. The van der Waals surface area contributed by atoms with Gasteiger partial charge in [0.25, 0.3) is 0 Å². The Bertz CT molecular complexity index is 1520. The van der Waals surface area contributed by atoms with Crippen molar-refractivity contribution in [3.8, 4) is 6.07 Å². The first-order valence-electron chi connectivity index (χ1n) is 12.4. The van der Waals surface area contributed by atoms with Crippen LogP contribution < -0.4 is 10.2 Å². The minimum atomic E-state index is -4.58. The predicted molar refractivity (Wildman–Crippen MR) is 141 cm³/mol. The zero-order valence-electron chi connectivity index (χ0n) is 21.3. The van der Waals surface area contributed by atoms with Gasteiger partial charge in [-0.05, 0) is 38.2 Å². The van der Waals surface area contributed by atoms with E-state index in [-0.39, 0.29) is 46.2 Å². The quantitative estimate of drug-likeness (QED) is 0.479. The molecular formula is C27H26F4N8. The van der Waals surface area contributed by atoms with Crippen molar-refractivity contribution >= 4 is 28.4 Å². The number of anilines is 1. The fraction of sp³-hybridized carbons (Fsp3) is 0.333. The third-order valence-electron chi connectivity index (χ3n) is 6.91. The monoisotopic (exact) mass is 538 g/mol. The maximum atomic E-state index is 15.2. The highest BCUT2D eigenvalue weighted by atomic mass is 19.4. The number of fused-ring (bicyclic) bond motifs is 1. The number of nitrogens with one attached hydrogen (secondary N) is 2. The Morgan fingerprint density at radius 2 is 1.92 bits per heavy atom. The number of aromatic nitrogens is 2. The maximum Gasteiger partial charge on any atom is 0.417 e. The van der Waals surface area contributed by atoms with Gasteiger partial charge in [-0.15, -0.1) is 0 Å². The average molecular weight is 539 g/mol. The van der Waals surface area contributed by atoms with Crippen LogP contribution >= 0.6 is 0 Å². The van der Waals surface area contributed by atoms with Crippen molar-refractivity contribution in [1.82, 2.24) is 20.2 Å². The summed E-state index contributed by atoms with van der Waals surface area (Å²) in [6, 6.07) is 7.63. The lowest BCUT2D eigenvalue weighted by molar-refractivity contribution is -0.137. The minimum Gasteiger partial charge on any atom is -0.369 e. The van der Waals surface area contributed by atoms with Crippen molar-refractivity contribution in [3.63, 3.8) is 0 Å². The summed E-state index contributed by atoms with van der Waals surface area (Å²) in [6.45, 7) is 5.33. The third-order valence-corrected chi connectivity index (χ3v) is 6.91. The summed E-state index contributed by atoms with van der Waals surface area (Å²) in [5, 5.41) is 13.0. The number of rotatable bonds is 4. The number of nitrogens with zero attached hydrogens (tertiary/aromatic N) is 6. The summed E-state index contributed by atoms with van der Waals surface area (Å²) in [6.07, 6.45) is -0.824. The summed E-state index contributed by atoms with van der Waals surface area (Å²) >= 11 is 0. The first-order chi connectivity index (χ1) is 18.6. The second kappa shape index (κ2) is 10.5. The largest absolute Gasteiger partial charge is 0.417 e. The van der Waals surface area contributed by atoms with Gasteiger partial charge >= 0.3 is 6.18 Å². The Labute approximate surface area is 222 Å². The molecule has 2 aliphatic heterocycles. The Kier molecular flexibility index (Phi) is 7.10. The number of hydrogen-bond acceptors (Lipinski definition) is 7. The van der Waals surface area contributed by atoms with E-state index in [0.717, 1.165) is 44.1 Å². The smallest absolute Gasteiger partial charge is 0.369 e. The van der Waals surface area contributed by atoms with Crippen molar-refractivity contribution in [2.24, 2.45) is 9.98 Å². The van der Waals surface area contributed by atoms with Gasteiger partial charge in [-0.25, -0.2) is 19.4 Å². The Morgan fingerprint density at radius 3 is 2.62 bits per heavy atom. The Balaban J connectivity index is 1.42. The molecule has 0 bridgehead atoms. The molecule has 2 aromatic heterocycles. The molecule has 2 N–H and O–H groups in total. The number of allylic oxidation sites excluding steroid dienone is 1. The highest BCUT2D eigenvalue weighted by Crippen LogP contribution is 2.32. The fourth-order valence-corrected chi connectivity index (χ4v) is 4.66. The second-order valence-electron chi connectivity index (χ2n) is 9.54. The lowest BCUT2D eigenvalue weighted by atomic mass is 10.0. The Hall–Kier alpha value is -4.24. The van der Waals surface area contributed by atoms with Crippen LogP contribution in [0.5, 0.6) is 0 Å². The van der Waals surface area contributed by atoms with Gasteiger partial charge in [0.2, 0.25) is 5.96 Å². The van der Waals surface area contributed by atoms with Crippen LogP contribution in [-0.4, -0.2) is 66.3 Å². The molecule has 8 nitrogen and oxygen atoms in total. The zero-order valence-corrected chi connectivity index (χ0v) is 21.3. The molecule has 1 aromatic carbocycles. The summed E-state index contributed by atoms with van der Waals surface area (Å²) in [5.74, 6) is -0.237. The molecule has 39 heavy (non-hydrogen) atoms. The van der Waals surface area contributed by atoms with Crippen LogP contribution in [-0.2, 0) is 6.18 Å². The number of H-pyrrole nitrogens is 1. The highest BCUT2D eigenvalue weighted by molar-refractivity contribution is 6.23. The van der Waals surface area contributed by atoms with Gasteiger partial charge in [0, 0.05) is 60.8 Å². The van der Waals surface area contributed by atoms with Crippen molar-refractivity contribution in [3.05, 3.63) is 70.8 Å². The summed E-state index contributed by atoms with van der Waals surface area (Å²) in [5.41, 5.74) is 1.13. The van der Waals surface area contributed by atoms with Crippen molar-refractivity contribution in [1.29, 1.82) is 5.26 Å². The molecule has 5 rings (SSSR count). The van der Waals surface area contributed by atoms with Gasteiger partial charge < -0.3 is 20.1 Å². The standard InChI is InChI=1S/C27H26F4N8/c1-16(20-4-3-19(12-23(20)28)39-9-7-38(2)8-10-39)36-26-33-6-5-17(13-32)24(37-26)22-15-35-25-21(22)11-18(14-34-25)27(29,30)31/h3-5,11-12,14-16H,6-10H2,1-2H3,(H,33,36)(H,34,35)/t16-/m1/s1. The molecule has 1 saturated heterocycles. The number of alkyl halides is 3. The number of nitriles is 1. The highest BCUT2D eigenvalue weighted by Gasteiger charge is 2.32. The van der Waals surface area contributed by atoms with Gasteiger partial charge in [0.05, 0.1) is 29.4 Å². The van der Waals surface area contributed by atoms with Gasteiger partial charge in [-0.1, -0.05) is 6.07 Å². The SMILES string of the molecule is C[C@@H](NC1=NCC=C(C#N)C(c2c[nH]c3ncc(C(F)(F)F)cc23)=N1)c1ccc(N2CCN(C)CC2)cc1F. The number of halogens is 4. The predicted octanol–water partition coefficient (Wildman–Crippen LogP) is 4.43. The van der Waals surface area contributed by atoms with E-state index in [1.807, 2.05) is 6.07 Å². The summed E-state index contributed by atoms with van der Waals surface area (Å²) in [4.78, 5) is 20.0. The van der Waals surface area contributed by atoms with E-state index in [1.54, 1.807) is 19.1 Å². The molecule has 2 aliphatic rings. The van der Waals surface area contributed by atoms with Crippen LogP contribution in [0.3, 0.4) is 0 Å². The molecule has 0 unspecified atom stereocenters. The zero-order chi connectivity index (χ0) is 27.7. The van der Waals surface area contributed by atoms with Crippen LogP contribution in [0.15, 0.2) is 58.3 Å². The van der Waals surface area contributed by atoms with E-state index in [9.17, 15) is 18.4 Å². The topological polar surface area (TPSA) is 95.7 Å². The number of benzene rings is 1. The molecule has 4 heterocycles. The number of pyridine rings is 1. The van der Waals surface area contributed by atoms with E-state index >= 15 is 4.39 Å². The normalized spacial score (nSPS) is 17.7. The molecule has 202 valence electrons. The van der Waals surface area contributed by atoms with Crippen molar-refractivity contribution in [2.75, 3.05) is 44.7 Å². The lowest BCUT2D eigenvalue weighted by Gasteiger charge is -2.34. The number of likely N-dealkylation sites (N-methyl/N-ethyl adjacent to an activating group) is 1. The van der Waals surface area contributed by atoms with Crippen molar-refractivity contribution in [2.45, 2.75) is 19.1 Å². The molecule has 3 aromatic rings. The number of hydrogen-bond donors (Lipinski definition) is 2. The van der Waals surface area contributed by atoms with Gasteiger partial charge in [-0.2, -0.15) is 18.4 Å². The average Bonchev–Trinajstić information content (AvgIpc) is 3.22. The molecule has 0 saturated carbocycles. The molecular weight excluding hydrogens is 512 g/mol. The van der Waals surface area contributed by atoms with Gasteiger partial charge in [0.15, 0.2) is 0 Å². The summed E-state index contributed by atoms with van der Waals surface area (Å²) in [7, 11) is 2.06. The number of aliphatic imine (C=N–C) groups is 2. The molecule has 0 spiro atoms. The number of guanidine groups is 1. The molecule has 0 amide bonds. The van der Waals surface area contributed by atoms with E-state index < -0.39 is 17.8 Å². The van der Waals surface area contributed by atoms with E-state index in [1.165, 1.54) is 12.3 Å². The first kappa shape index (κ1) is 26.4. The van der Waals surface area contributed by atoms with Crippen LogP contribution in [0.2, 0.25) is 0 Å². The van der Waals surface area contributed by atoms with E-state index in [2.05, 4.69) is 48.2 Å². The fourth-order valence-electron chi connectivity index (χ4n) is 4.66. The molecule has 0 radical (unpaired) electrons. The van der Waals surface area contributed by atoms with Crippen molar-refractivity contribution < 1.29 is 17.6 Å². The van der Waals surface area contributed by atoms with Crippen LogP contribution in [0.1, 0.15) is 29.7 Å². The van der Waals surface area contributed by atoms with Crippen LogP contribution in [0, 0.1) is 17.1 Å². The molecule has 1 fully saturated rings. The molecule has 12 heteroatoms. The van der Waals surface area contributed by atoms with E-state index in [4.69, 9.17) is 0 Å². The number of aromatic amines is 1. The minimum absolute atomic E-state index is 0.115. The number of piperazine rings is 1. The first-order valence-corrected chi connectivity index (χ1v) is 12.4. The van der Waals surface area contributed by atoms with Gasteiger partial charge in [0.1, 0.15) is 17.5 Å². The molecule has 1 atom stereocenters. The molecule has 0 aliphatic carbocycles. The van der Waals surface area contributed by atoms with Crippen LogP contribution in [0.4, 0.5) is 23.2 Å². The third kappa shape index (κ3) is 5.49. The second-order valence-corrected chi connectivity index (χ2v) is 9.54. The van der Waals surface area contributed by atoms with Gasteiger partial charge in [-0.3, -0.25) is 0 Å². The van der Waals surface area contributed by atoms with E-state index in [0.29, 0.717) is 5.56 Å². The lowest BCUT2D eigenvalue weighted by Crippen LogP contribution is -2.44. The maximum absolute atomic E-state index is 15.2. The Morgan fingerprint density at radius 1 is 1.15 bits per heavy atom. The van der Waals surface area contributed by atoms with Crippen LogP contribution in [0.25, 0.3) is 11.0 Å².